The minimum Gasteiger partial charge on any atom is -0.271 e. The van der Waals surface area contributed by atoms with E-state index in [2.05, 4.69) is 0 Å². The van der Waals surface area contributed by atoms with Crippen LogP contribution >= 0.6 is 7.75 Å². The first-order chi connectivity index (χ1) is 5.55. The van der Waals surface area contributed by atoms with E-state index in [9.17, 15) is 4.57 Å². The van der Waals surface area contributed by atoms with Gasteiger partial charge in [-0.15, -0.1) is 4.34 Å². The van der Waals surface area contributed by atoms with Crippen molar-refractivity contribution in [2.45, 2.75) is 13.3 Å². The molecule has 0 fully saturated rings. The summed E-state index contributed by atoms with van der Waals surface area (Å²) in [6.07, 6.45) is 1.99. The van der Waals surface area contributed by atoms with Crippen LogP contribution in [0.4, 0.5) is 0 Å². The molecule has 66 valence electrons. The van der Waals surface area contributed by atoms with Crippen LogP contribution in [0.2, 0.25) is 0 Å². The molecule has 0 aliphatic rings. The van der Waals surface area contributed by atoms with Gasteiger partial charge in [0.25, 0.3) is 0 Å². The molecule has 0 saturated carbocycles. The average molecular weight is 188 g/mol. The quantitative estimate of drug-likeness (QED) is 0.663. The molecule has 0 aromatic carbocycles. The number of rotatable bonds is 2. The van der Waals surface area contributed by atoms with Crippen molar-refractivity contribution in [1.29, 1.82) is 0 Å². The summed E-state index contributed by atoms with van der Waals surface area (Å²) in [6.45, 7) is 1.85. The van der Waals surface area contributed by atoms with Crippen molar-refractivity contribution in [3.8, 4) is 0 Å². The summed E-state index contributed by atoms with van der Waals surface area (Å²) in [7, 11) is -4.16. The highest BCUT2D eigenvalue weighted by atomic mass is 31.2. The first kappa shape index (κ1) is 9.39. The molecule has 12 heavy (non-hydrogen) atoms. The standard InChI is InChI=1S/C7H10NO3P/c1-2-7-5-3-4-6-8(7)12(9,10)11/h3-6H,2H2,1H3,(H-,9,10,11)/p+1. The molecule has 0 aliphatic heterocycles. The molecule has 2 N–H and O–H groups in total. The number of aryl methyl sites for hydroxylation is 1. The summed E-state index contributed by atoms with van der Waals surface area (Å²) in [5, 5.41) is 0. The first-order valence-electron chi connectivity index (χ1n) is 3.61. The van der Waals surface area contributed by atoms with Crippen molar-refractivity contribution in [2.24, 2.45) is 0 Å². The number of nitrogens with zero attached hydrogens (tertiary/aromatic N) is 1. The molecule has 1 aromatic rings. The number of hydrogen-bond acceptors (Lipinski definition) is 1. The van der Waals surface area contributed by atoms with E-state index in [0.29, 0.717) is 12.1 Å². The zero-order valence-corrected chi connectivity index (χ0v) is 7.61. The van der Waals surface area contributed by atoms with Crippen LogP contribution in [0.3, 0.4) is 0 Å². The van der Waals surface area contributed by atoms with Gasteiger partial charge in [0.2, 0.25) is 0 Å². The SMILES string of the molecule is CCc1cccc[n+]1P(=O)(O)O. The van der Waals surface area contributed by atoms with Crippen LogP contribution in [0.5, 0.6) is 0 Å². The van der Waals surface area contributed by atoms with E-state index in [1.54, 1.807) is 18.2 Å². The maximum atomic E-state index is 10.9. The maximum Gasteiger partial charge on any atom is 0.607 e. The summed E-state index contributed by atoms with van der Waals surface area (Å²) in [4.78, 5) is 17.8. The van der Waals surface area contributed by atoms with E-state index in [-0.39, 0.29) is 0 Å². The maximum absolute atomic E-state index is 10.9. The van der Waals surface area contributed by atoms with Gasteiger partial charge in [-0.25, -0.2) is 0 Å². The predicted octanol–water partition coefficient (Wildman–Crippen LogP) is 0.477. The van der Waals surface area contributed by atoms with E-state index in [0.717, 1.165) is 4.34 Å². The molecule has 5 heteroatoms. The van der Waals surface area contributed by atoms with Crippen LogP contribution in [0.15, 0.2) is 24.4 Å². The molecule has 1 rings (SSSR count). The second-order valence-corrected chi connectivity index (χ2v) is 3.86. The van der Waals surface area contributed by atoms with Crippen molar-refractivity contribution in [3.05, 3.63) is 30.1 Å². The van der Waals surface area contributed by atoms with Crippen LogP contribution in [0.25, 0.3) is 0 Å². The highest BCUT2D eigenvalue weighted by Gasteiger charge is 2.29. The number of hydrogen-bond donors (Lipinski definition) is 2. The van der Waals surface area contributed by atoms with Gasteiger partial charge in [0.15, 0.2) is 11.9 Å². The molecule has 4 nitrogen and oxygen atoms in total. The lowest BCUT2D eigenvalue weighted by Crippen LogP contribution is -2.34. The van der Waals surface area contributed by atoms with Crippen molar-refractivity contribution >= 4 is 7.75 Å². The molecule has 0 radical (unpaired) electrons. The minimum absolute atomic E-state index is 0.603. The average Bonchev–Trinajstić information content (AvgIpc) is 2.03. The van der Waals surface area contributed by atoms with Crippen LogP contribution in [-0.2, 0) is 11.0 Å². The molecule has 0 saturated heterocycles. The smallest absolute Gasteiger partial charge is 0.271 e. The fraction of sp³-hybridized carbons (Fsp3) is 0.286. The molecule has 1 aromatic heterocycles. The fourth-order valence-electron chi connectivity index (χ4n) is 1.00. The van der Waals surface area contributed by atoms with Gasteiger partial charge in [-0.05, 0) is 0 Å². The van der Waals surface area contributed by atoms with Crippen LogP contribution in [-0.4, -0.2) is 9.79 Å². The van der Waals surface area contributed by atoms with Crippen molar-refractivity contribution in [3.63, 3.8) is 0 Å². The van der Waals surface area contributed by atoms with Gasteiger partial charge >= 0.3 is 7.75 Å². The Balaban J connectivity index is 3.23. The second kappa shape index (κ2) is 3.35. The lowest BCUT2D eigenvalue weighted by molar-refractivity contribution is -0.548. The van der Waals surface area contributed by atoms with E-state index < -0.39 is 7.75 Å². The summed E-state index contributed by atoms with van der Waals surface area (Å²) in [6, 6.07) is 5.04. The highest BCUT2D eigenvalue weighted by Crippen LogP contribution is 2.27. The lowest BCUT2D eigenvalue weighted by atomic mass is 10.3. The van der Waals surface area contributed by atoms with E-state index in [1.165, 1.54) is 6.20 Å². The Morgan fingerprint density at radius 1 is 1.50 bits per heavy atom. The Morgan fingerprint density at radius 3 is 2.58 bits per heavy atom. The summed E-state index contributed by atoms with van der Waals surface area (Å²) in [5.74, 6) is 0. The number of aromatic nitrogens is 1. The monoisotopic (exact) mass is 188 g/mol. The Kier molecular flexibility index (Phi) is 2.62. The first-order valence-corrected chi connectivity index (χ1v) is 5.18. The fourth-order valence-corrected chi connectivity index (χ4v) is 1.80. The van der Waals surface area contributed by atoms with Gasteiger partial charge in [0.05, 0.1) is 0 Å². The molecular weight excluding hydrogens is 177 g/mol. The molecule has 0 unspecified atom stereocenters. The van der Waals surface area contributed by atoms with E-state index >= 15 is 0 Å². The Bertz CT molecular complexity index is 320. The Morgan fingerprint density at radius 2 is 2.17 bits per heavy atom. The molecule has 0 amide bonds. The lowest BCUT2D eigenvalue weighted by Gasteiger charge is -2.00. The molecule has 0 bridgehead atoms. The normalized spacial score (nSPS) is 11.6. The molecular formula is C7H11NO3P+. The zero-order valence-electron chi connectivity index (χ0n) is 6.71. The van der Waals surface area contributed by atoms with Crippen molar-refractivity contribution in [2.75, 3.05) is 0 Å². The molecule has 0 aliphatic carbocycles. The van der Waals surface area contributed by atoms with E-state index in [1.807, 2.05) is 6.92 Å². The van der Waals surface area contributed by atoms with Crippen LogP contribution < -0.4 is 4.34 Å². The summed E-state index contributed by atoms with van der Waals surface area (Å²) >= 11 is 0. The van der Waals surface area contributed by atoms with Gasteiger partial charge in [0.1, 0.15) is 0 Å². The zero-order chi connectivity index (χ0) is 9.19. The Labute approximate surface area is 70.7 Å². The molecule has 1 heterocycles. The molecule has 0 spiro atoms. The van der Waals surface area contributed by atoms with Gasteiger partial charge in [-0.2, -0.15) is 4.57 Å². The summed E-state index contributed by atoms with van der Waals surface area (Å²) < 4.78 is 11.9. The third-order valence-electron chi connectivity index (χ3n) is 1.56. The van der Waals surface area contributed by atoms with Gasteiger partial charge < -0.3 is 0 Å². The third kappa shape index (κ3) is 1.91. The molecule has 0 atom stereocenters. The number of pyridine rings is 1. The van der Waals surface area contributed by atoms with Gasteiger partial charge in [0, 0.05) is 18.6 Å². The Hall–Kier alpha value is -0.700. The van der Waals surface area contributed by atoms with Gasteiger partial charge in [-0.1, -0.05) is 13.0 Å². The highest BCUT2D eigenvalue weighted by molar-refractivity contribution is 7.44. The topological polar surface area (TPSA) is 61.4 Å². The van der Waals surface area contributed by atoms with Crippen molar-refractivity contribution in [1.82, 2.24) is 0 Å². The van der Waals surface area contributed by atoms with E-state index in [4.69, 9.17) is 9.79 Å². The van der Waals surface area contributed by atoms with Gasteiger partial charge in [-0.3, -0.25) is 9.79 Å². The second-order valence-electron chi connectivity index (χ2n) is 2.40. The van der Waals surface area contributed by atoms with Crippen molar-refractivity contribution < 1.29 is 18.7 Å². The minimum atomic E-state index is -4.16. The predicted molar refractivity (Wildman–Crippen MR) is 43.5 cm³/mol. The largest absolute Gasteiger partial charge is 0.607 e. The van der Waals surface area contributed by atoms with Crippen LogP contribution in [0.1, 0.15) is 12.6 Å². The third-order valence-corrected chi connectivity index (χ3v) is 2.52. The van der Waals surface area contributed by atoms with Crippen LogP contribution in [0, 0.1) is 0 Å². The summed E-state index contributed by atoms with van der Waals surface area (Å²) in [5.41, 5.74) is 0.630.